The summed E-state index contributed by atoms with van der Waals surface area (Å²) in [5, 5.41) is 0. The highest BCUT2D eigenvalue weighted by Crippen LogP contribution is 2.20. The van der Waals surface area contributed by atoms with Crippen molar-refractivity contribution in [3.05, 3.63) is 50.9 Å². The molecule has 0 unspecified atom stereocenters. The van der Waals surface area contributed by atoms with Gasteiger partial charge in [-0.05, 0) is 54.6 Å². The predicted octanol–water partition coefficient (Wildman–Crippen LogP) is 4.00. The van der Waals surface area contributed by atoms with Crippen LogP contribution < -0.4 is 0 Å². The lowest BCUT2D eigenvalue weighted by atomic mass is 10.2. The fraction of sp³-hybridized carbons (Fsp3) is 0.214. The first-order valence-electron chi connectivity index (χ1n) is 5.51. The largest absolute Gasteiger partial charge is 0.352 e. The van der Waals surface area contributed by atoms with Gasteiger partial charge in [0.05, 0.1) is 5.69 Å². The van der Waals surface area contributed by atoms with Crippen LogP contribution in [0.15, 0.2) is 35.3 Å². The number of benzene rings is 1. The highest BCUT2D eigenvalue weighted by atomic mass is 127. The maximum Gasteiger partial charge on any atom is 0.0763 e. The van der Waals surface area contributed by atoms with Crippen LogP contribution in [-0.4, -0.2) is 10.8 Å². The van der Waals surface area contributed by atoms with E-state index in [1.54, 1.807) is 0 Å². The zero-order valence-electron chi connectivity index (χ0n) is 10.2. The molecule has 2 aromatic rings. The lowest BCUT2D eigenvalue weighted by molar-refractivity contribution is 0.843. The molecule has 2 rings (SSSR count). The standard InChI is InChI=1S/C14H15IN2/c1-10-8-12(11(2)17(10)3)9-16-14-7-5-4-6-13(14)15/h4-9H,1-3H3. The summed E-state index contributed by atoms with van der Waals surface area (Å²) in [4.78, 5) is 4.55. The molecule has 0 fully saturated rings. The molecule has 0 bridgehead atoms. The Kier molecular flexibility index (Phi) is 3.66. The Morgan fingerprint density at radius 1 is 1.24 bits per heavy atom. The number of aryl methyl sites for hydroxylation is 1. The van der Waals surface area contributed by atoms with Crippen molar-refractivity contribution >= 4 is 34.5 Å². The second kappa shape index (κ2) is 5.04. The van der Waals surface area contributed by atoms with Crippen LogP contribution in [0.3, 0.4) is 0 Å². The van der Waals surface area contributed by atoms with Gasteiger partial charge in [0.2, 0.25) is 0 Å². The van der Waals surface area contributed by atoms with Crippen LogP contribution in [0.2, 0.25) is 0 Å². The molecule has 0 saturated heterocycles. The van der Waals surface area contributed by atoms with E-state index in [1.807, 2.05) is 24.4 Å². The summed E-state index contributed by atoms with van der Waals surface area (Å²) in [5.41, 5.74) is 4.71. The van der Waals surface area contributed by atoms with E-state index in [1.165, 1.54) is 20.5 Å². The third kappa shape index (κ3) is 2.60. The van der Waals surface area contributed by atoms with Gasteiger partial charge in [0.1, 0.15) is 0 Å². The van der Waals surface area contributed by atoms with E-state index in [9.17, 15) is 0 Å². The Morgan fingerprint density at radius 3 is 2.53 bits per heavy atom. The van der Waals surface area contributed by atoms with E-state index in [4.69, 9.17) is 0 Å². The number of aromatic nitrogens is 1. The monoisotopic (exact) mass is 338 g/mol. The van der Waals surface area contributed by atoms with Gasteiger partial charge in [-0.1, -0.05) is 12.1 Å². The van der Waals surface area contributed by atoms with E-state index >= 15 is 0 Å². The minimum absolute atomic E-state index is 1.02. The Bertz CT molecular complexity index is 568. The lowest BCUT2D eigenvalue weighted by Crippen LogP contribution is -1.93. The van der Waals surface area contributed by atoms with Crippen molar-refractivity contribution < 1.29 is 0 Å². The van der Waals surface area contributed by atoms with E-state index in [-0.39, 0.29) is 0 Å². The number of hydrogen-bond donors (Lipinski definition) is 0. The first-order valence-corrected chi connectivity index (χ1v) is 6.59. The minimum atomic E-state index is 1.02. The summed E-state index contributed by atoms with van der Waals surface area (Å²) in [6.07, 6.45) is 1.94. The van der Waals surface area contributed by atoms with Crippen LogP contribution >= 0.6 is 22.6 Å². The second-order valence-electron chi connectivity index (χ2n) is 4.10. The number of aliphatic imine (C=N–C) groups is 1. The Hall–Kier alpha value is -1.10. The molecule has 1 heterocycles. The van der Waals surface area contributed by atoms with Crippen LogP contribution in [0.25, 0.3) is 0 Å². The van der Waals surface area contributed by atoms with E-state index < -0.39 is 0 Å². The lowest BCUT2D eigenvalue weighted by Gasteiger charge is -1.99. The number of rotatable bonds is 2. The van der Waals surface area contributed by atoms with Crippen molar-refractivity contribution in [1.29, 1.82) is 0 Å². The first-order chi connectivity index (χ1) is 8.09. The molecule has 1 aromatic heterocycles. The van der Waals surface area contributed by atoms with Crippen LogP contribution in [-0.2, 0) is 7.05 Å². The number of para-hydroxylation sites is 1. The summed E-state index contributed by atoms with van der Waals surface area (Å²) in [7, 11) is 2.08. The van der Waals surface area contributed by atoms with Crippen LogP contribution in [0.4, 0.5) is 5.69 Å². The molecule has 88 valence electrons. The zero-order valence-corrected chi connectivity index (χ0v) is 12.4. The van der Waals surface area contributed by atoms with Gasteiger partial charge in [-0.3, -0.25) is 4.99 Å². The van der Waals surface area contributed by atoms with Gasteiger partial charge >= 0.3 is 0 Å². The van der Waals surface area contributed by atoms with Crippen molar-refractivity contribution in [3.8, 4) is 0 Å². The molecule has 0 atom stereocenters. The maximum atomic E-state index is 4.55. The number of hydrogen-bond acceptors (Lipinski definition) is 1. The topological polar surface area (TPSA) is 17.3 Å². The van der Waals surface area contributed by atoms with E-state index in [0.29, 0.717) is 0 Å². The highest BCUT2D eigenvalue weighted by molar-refractivity contribution is 14.1. The molecule has 3 heteroatoms. The van der Waals surface area contributed by atoms with Crippen molar-refractivity contribution in [2.24, 2.45) is 12.0 Å². The smallest absolute Gasteiger partial charge is 0.0763 e. The fourth-order valence-electron chi connectivity index (χ4n) is 1.71. The Morgan fingerprint density at radius 2 is 1.94 bits per heavy atom. The molecule has 0 radical (unpaired) electrons. The molecule has 1 aromatic carbocycles. The summed E-state index contributed by atoms with van der Waals surface area (Å²) >= 11 is 2.30. The highest BCUT2D eigenvalue weighted by Gasteiger charge is 2.03. The van der Waals surface area contributed by atoms with Gasteiger partial charge in [0.25, 0.3) is 0 Å². The molecule has 0 aliphatic heterocycles. The summed E-state index contributed by atoms with van der Waals surface area (Å²) in [5.74, 6) is 0. The number of halogens is 1. The molecule has 17 heavy (non-hydrogen) atoms. The number of nitrogens with zero attached hydrogens (tertiary/aromatic N) is 2. The van der Waals surface area contributed by atoms with E-state index in [0.717, 1.165) is 5.69 Å². The minimum Gasteiger partial charge on any atom is -0.352 e. The third-order valence-electron chi connectivity index (χ3n) is 3.01. The van der Waals surface area contributed by atoms with Crippen LogP contribution in [0, 0.1) is 17.4 Å². The fourth-order valence-corrected chi connectivity index (χ4v) is 2.24. The van der Waals surface area contributed by atoms with Gasteiger partial charge in [-0.15, -0.1) is 0 Å². The molecule has 0 N–H and O–H groups in total. The van der Waals surface area contributed by atoms with Gasteiger partial charge in [-0.2, -0.15) is 0 Å². The van der Waals surface area contributed by atoms with Gasteiger partial charge in [0, 0.05) is 33.8 Å². The zero-order chi connectivity index (χ0) is 12.4. The molecular formula is C14H15IN2. The molecule has 0 spiro atoms. The molecule has 0 aliphatic carbocycles. The molecule has 0 aliphatic rings. The second-order valence-corrected chi connectivity index (χ2v) is 5.26. The van der Waals surface area contributed by atoms with Gasteiger partial charge in [0.15, 0.2) is 0 Å². The molecule has 0 amide bonds. The Labute approximate surface area is 116 Å². The van der Waals surface area contributed by atoms with Gasteiger partial charge < -0.3 is 4.57 Å². The maximum absolute atomic E-state index is 4.55. The van der Waals surface area contributed by atoms with Crippen LogP contribution in [0.1, 0.15) is 17.0 Å². The first kappa shape index (κ1) is 12.4. The SMILES string of the molecule is Cc1cc(C=Nc2ccccc2I)c(C)n1C. The summed E-state index contributed by atoms with van der Waals surface area (Å²) in [6, 6.07) is 10.3. The predicted molar refractivity (Wildman–Crippen MR) is 81.3 cm³/mol. The van der Waals surface area contributed by atoms with Crippen molar-refractivity contribution in [2.45, 2.75) is 13.8 Å². The average molecular weight is 338 g/mol. The van der Waals surface area contributed by atoms with Crippen LogP contribution in [0.5, 0.6) is 0 Å². The quantitative estimate of drug-likeness (QED) is 0.582. The molecular weight excluding hydrogens is 323 g/mol. The average Bonchev–Trinajstić information content (AvgIpc) is 2.56. The normalized spacial score (nSPS) is 11.3. The molecule has 2 nitrogen and oxygen atoms in total. The van der Waals surface area contributed by atoms with E-state index in [2.05, 4.69) is 65.2 Å². The van der Waals surface area contributed by atoms with Crippen molar-refractivity contribution in [3.63, 3.8) is 0 Å². The molecule has 0 saturated carbocycles. The van der Waals surface area contributed by atoms with Crippen molar-refractivity contribution in [1.82, 2.24) is 4.57 Å². The Balaban J connectivity index is 2.33. The van der Waals surface area contributed by atoms with Gasteiger partial charge in [-0.25, -0.2) is 0 Å². The summed E-state index contributed by atoms with van der Waals surface area (Å²) < 4.78 is 3.35. The third-order valence-corrected chi connectivity index (χ3v) is 3.92. The van der Waals surface area contributed by atoms with Crippen molar-refractivity contribution in [2.75, 3.05) is 0 Å². The summed E-state index contributed by atoms with van der Waals surface area (Å²) in [6.45, 7) is 4.22.